The van der Waals surface area contributed by atoms with E-state index < -0.39 is 0 Å². The Hall–Kier alpha value is -1.55. The summed E-state index contributed by atoms with van der Waals surface area (Å²) in [5, 5.41) is 3.11. The molecule has 2 rings (SSSR count). The van der Waals surface area contributed by atoms with Gasteiger partial charge in [0.25, 0.3) is 5.91 Å². The fourth-order valence-electron chi connectivity index (χ4n) is 2.54. The number of carbonyl (C=O) groups is 1. The first-order valence-corrected chi connectivity index (χ1v) is 7.30. The molecule has 0 radical (unpaired) electrons. The third-order valence-electron chi connectivity index (χ3n) is 3.43. The Morgan fingerprint density at radius 2 is 2.25 bits per heavy atom. The van der Waals surface area contributed by atoms with Crippen molar-refractivity contribution < 1.29 is 9.53 Å². The molecule has 0 aliphatic carbocycles. The van der Waals surface area contributed by atoms with Crippen LogP contribution in [-0.4, -0.2) is 43.1 Å². The third-order valence-corrected chi connectivity index (χ3v) is 3.43. The third kappa shape index (κ3) is 4.23. The number of rotatable bonds is 4. The molecule has 1 N–H and O–H groups in total. The van der Waals surface area contributed by atoms with Gasteiger partial charge in [0.1, 0.15) is 5.75 Å². The van der Waals surface area contributed by atoms with Crippen LogP contribution in [-0.2, 0) is 0 Å². The molecule has 1 aromatic carbocycles. The molecular formula is C16H24N2O2. The minimum atomic E-state index is -0.0143. The molecular weight excluding hydrogens is 252 g/mol. The molecule has 1 aliphatic heterocycles. The van der Waals surface area contributed by atoms with Crippen LogP contribution in [0.5, 0.6) is 5.75 Å². The predicted molar refractivity (Wildman–Crippen MR) is 80.2 cm³/mol. The van der Waals surface area contributed by atoms with E-state index in [1.165, 1.54) is 0 Å². The van der Waals surface area contributed by atoms with Crippen molar-refractivity contribution in [3.05, 3.63) is 29.8 Å². The molecule has 1 heterocycles. The number of benzene rings is 1. The van der Waals surface area contributed by atoms with Gasteiger partial charge in [0, 0.05) is 18.2 Å². The van der Waals surface area contributed by atoms with Crippen LogP contribution in [0.4, 0.5) is 0 Å². The lowest BCUT2D eigenvalue weighted by Crippen LogP contribution is -2.46. The normalized spacial score (nSPS) is 19.9. The van der Waals surface area contributed by atoms with Crippen LogP contribution in [0.2, 0.25) is 0 Å². The van der Waals surface area contributed by atoms with E-state index in [-0.39, 0.29) is 18.1 Å². The van der Waals surface area contributed by atoms with E-state index in [1.54, 1.807) is 0 Å². The van der Waals surface area contributed by atoms with Crippen molar-refractivity contribution in [2.24, 2.45) is 0 Å². The minimum Gasteiger partial charge on any atom is -0.491 e. The Kier molecular flexibility index (Phi) is 5.01. The van der Waals surface area contributed by atoms with Crippen LogP contribution in [0.3, 0.4) is 0 Å². The van der Waals surface area contributed by atoms with Crippen molar-refractivity contribution in [2.75, 3.05) is 20.1 Å². The molecule has 1 atom stereocenters. The monoisotopic (exact) mass is 276 g/mol. The van der Waals surface area contributed by atoms with Gasteiger partial charge in [-0.3, -0.25) is 4.79 Å². The van der Waals surface area contributed by atoms with Crippen LogP contribution < -0.4 is 10.1 Å². The van der Waals surface area contributed by atoms with Gasteiger partial charge >= 0.3 is 0 Å². The number of amides is 1. The molecule has 1 saturated heterocycles. The molecule has 110 valence electrons. The fourth-order valence-corrected chi connectivity index (χ4v) is 2.54. The smallest absolute Gasteiger partial charge is 0.251 e. The zero-order valence-electron chi connectivity index (χ0n) is 12.6. The Morgan fingerprint density at radius 1 is 1.45 bits per heavy atom. The summed E-state index contributed by atoms with van der Waals surface area (Å²) in [7, 11) is 2.09. The van der Waals surface area contributed by atoms with E-state index in [1.807, 2.05) is 38.1 Å². The van der Waals surface area contributed by atoms with Gasteiger partial charge in [0.15, 0.2) is 0 Å². The van der Waals surface area contributed by atoms with Gasteiger partial charge < -0.3 is 15.0 Å². The van der Waals surface area contributed by atoms with Crippen LogP contribution >= 0.6 is 0 Å². The minimum absolute atomic E-state index is 0.0143. The highest BCUT2D eigenvalue weighted by molar-refractivity contribution is 5.94. The summed E-state index contributed by atoms with van der Waals surface area (Å²) in [5.41, 5.74) is 0.663. The first-order chi connectivity index (χ1) is 9.54. The number of carbonyl (C=O) groups excluding carboxylic acids is 1. The highest BCUT2D eigenvalue weighted by atomic mass is 16.5. The quantitative estimate of drug-likeness (QED) is 0.917. The summed E-state index contributed by atoms with van der Waals surface area (Å²) in [6.07, 6.45) is 2.30. The summed E-state index contributed by atoms with van der Waals surface area (Å²) < 4.78 is 5.62. The van der Waals surface area contributed by atoms with Gasteiger partial charge in [-0.15, -0.1) is 0 Å². The SMILES string of the molecule is CC(C)Oc1cccc(C(=O)N[C@@H]2CCCN(C)C2)c1. The fraction of sp³-hybridized carbons (Fsp3) is 0.562. The lowest BCUT2D eigenvalue weighted by Gasteiger charge is -2.30. The standard InChI is InChI=1S/C16H24N2O2/c1-12(2)20-15-8-4-6-13(10-15)16(19)17-14-7-5-9-18(3)11-14/h4,6,8,10,12,14H,5,7,9,11H2,1-3H3,(H,17,19)/t14-/m1/s1. The molecule has 0 spiro atoms. The average molecular weight is 276 g/mol. The number of ether oxygens (including phenoxy) is 1. The molecule has 1 fully saturated rings. The van der Waals surface area contributed by atoms with E-state index in [9.17, 15) is 4.79 Å². The first-order valence-electron chi connectivity index (χ1n) is 7.30. The highest BCUT2D eigenvalue weighted by Gasteiger charge is 2.19. The second kappa shape index (κ2) is 6.75. The molecule has 4 heteroatoms. The number of likely N-dealkylation sites (N-methyl/N-ethyl adjacent to an activating group) is 1. The lowest BCUT2D eigenvalue weighted by molar-refractivity contribution is 0.0912. The van der Waals surface area contributed by atoms with Gasteiger partial charge in [0.2, 0.25) is 0 Å². The van der Waals surface area contributed by atoms with Gasteiger partial charge in [-0.25, -0.2) is 0 Å². The van der Waals surface area contributed by atoms with Gasteiger partial charge in [-0.2, -0.15) is 0 Å². The van der Waals surface area contributed by atoms with E-state index >= 15 is 0 Å². The number of nitrogens with one attached hydrogen (secondary N) is 1. The Balaban J connectivity index is 1.98. The molecule has 20 heavy (non-hydrogen) atoms. The highest BCUT2D eigenvalue weighted by Crippen LogP contribution is 2.16. The number of likely N-dealkylation sites (tertiary alicyclic amines) is 1. The maximum atomic E-state index is 12.3. The average Bonchev–Trinajstić information content (AvgIpc) is 2.38. The zero-order chi connectivity index (χ0) is 14.5. The maximum Gasteiger partial charge on any atom is 0.251 e. The van der Waals surface area contributed by atoms with Crippen molar-refractivity contribution in [1.29, 1.82) is 0 Å². The zero-order valence-corrected chi connectivity index (χ0v) is 12.6. The summed E-state index contributed by atoms with van der Waals surface area (Å²) in [6.45, 7) is 5.99. The Bertz CT molecular complexity index is 460. The van der Waals surface area contributed by atoms with Crippen molar-refractivity contribution >= 4 is 5.91 Å². The summed E-state index contributed by atoms with van der Waals surface area (Å²) >= 11 is 0. The number of hydrogen-bond acceptors (Lipinski definition) is 3. The Labute approximate surface area is 121 Å². The van der Waals surface area contributed by atoms with Crippen molar-refractivity contribution in [3.8, 4) is 5.75 Å². The van der Waals surface area contributed by atoms with Gasteiger partial charge in [0.05, 0.1) is 6.10 Å². The van der Waals surface area contributed by atoms with Crippen LogP contribution in [0.1, 0.15) is 37.0 Å². The van der Waals surface area contributed by atoms with Crippen molar-refractivity contribution in [3.63, 3.8) is 0 Å². The van der Waals surface area contributed by atoms with E-state index in [4.69, 9.17) is 4.74 Å². The van der Waals surface area contributed by atoms with Crippen LogP contribution in [0, 0.1) is 0 Å². The summed E-state index contributed by atoms with van der Waals surface area (Å²) in [6, 6.07) is 7.62. The second-order valence-electron chi connectivity index (χ2n) is 5.77. The first kappa shape index (κ1) is 14.9. The number of hydrogen-bond donors (Lipinski definition) is 1. The molecule has 0 aromatic heterocycles. The van der Waals surface area contributed by atoms with E-state index in [0.717, 1.165) is 31.7 Å². The maximum absolute atomic E-state index is 12.3. The lowest BCUT2D eigenvalue weighted by atomic mass is 10.1. The number of nitrogens with zero attached hydrogens (tertiary/aromatic N) is 1. The van der Waals surface area contributed by atoms with Gasteiger partial charge in [-0.05, 0) is 58.5 Å². The summed E-state index contributed by atoms with van der Waals surface area (Å²) in [4.78, 5) is 14.5. The molecule has 1 amide bonds. The van der Waals surface area contributed by atoms with E-state index in [0.29, 0.717) is 5.56 Å². The molecule has 4 nitrogen and oxygen atoms in total. The van der Waals surface area contributed by atoms with Crippen LogP contribution in [0.25, 0.3) is 0 Å². The Morgan fingerprint density at radius 3 is 2.95 bits per heavy atom. The van der Waals surface area contributed by atoms with E-state index in [2.05, 4.69) is 17.3 Å². The molecule has 0 unspecified atom stereocenters. The van der Waals surface area contributed by atoms with Crippen molar-refractivity contribution in [2.45, 2.75) is 38.8 Å². The second-order valence-corrected chi connectivity index (χ2v) is 5.77. The largest absolute Gasteiger partial charge is 0.491 e. The molecule has 0 bridgehead atoms. The van der Waals surface area contributed by atoms with Gasteiger partial charge in [-0.1, -0.05) is 6.07 Å². The molecule has 0 saturated carbocycles. The van der Waals surface area contributed by atoms with Crippen molar-refractivity contribution in [1.82, 2.24) is 10.2 Å². The topological polar surface area (TPSA) is 41.6 Å². The molecule has 1 aromatic rings. The van der Waals surface area contributed by atoms with Crippen LogP contribution in [0.15, 0.2) is 24.3 Å². The summed E-state index contributed by atoms with van der Waals surface area (Å²) in [5.74, 6) is 0.730. The predicted octanol–water partition coefficient (Wildman–Crippen LogP) is 2.30. The molecule has 1 aliphatic rings. The number of piperidine rings is 1.